The average Bonchev–Trinajstić information content (AvgIpc) is 3.35. The minimum Gasteiger partial charge on any atom is -0.497 e. The van der Waals surface area contributed by atoms with Crippen LogP contribution in [0.2, 0.25) is 0 Å². The lowest BCUT2D eigenvalue weighted by Crippen LogP contribution is -2.51. The highest BCUT2D eigenvalue weighted by atomic mass is 16.5. The normalized spacial score (nSPS) is 24.9. The largest absolute Gasteiger partial charge is 0.497 e. The van der Waals surface area contributed by atoms with Gasteiger partial charge in [0.05, 0.1) is 19.2 Å². The van der Waals surface area contributed by atoms with Gasteiger partial charge in [0.2, 0.25) is 5.60 Å². The molecule has 0 spiro atoms. The lowest BCUT2D eigenvalue weighted by Gasteiger charge is -2.38. The standard InChI is InChI=1S/C31H25NO7/c1-37-22-14-12-21(13-15-22)31-26(20-10-6-3-7-11-20)25(29(34)35)28(33)30(31,36)27-24(39-31)16-23(17-32-27)38-18-19-8-4-2-5-9-19/h2-17,25-26,36H,18H2,1H3,(H,34,35)/t25-,26-,30+,31+/m1/s1. The van der Waals surface area contributed by atoms with Crippen molar-refractivity contribution in [3.63, 3.8) is 0 Å². The first-order chi connectivity index (χ1) is 18.9. The number of ketones is 1. The Morgan fingerprint density at radius 2 is 1.64 bits per heavy atom. The second-order valence-corrected chi connectivity index (χ2v) is 9.64. The highest BCUT2D eigenvalue weighted by molar-refractivity contribution is 6.08. The molecule has 2 aliphatic rings. The molecule has 1 aliphatic carbocycles. The Kier molecular flexibility index (Phi) is 5.84. The summed E-state index contributed by atoms with van der Waals surface area (Å²) in [6, 6.07) is 26.7. The SMILES string of the molecule is COc1ccc([C@@]23Oc4cc(OCc5ccccc5)cnc4[C@]2(O)C(=O)[C@H](C(=O)O)[C@H]3c2ccccc2)cc1. The van der Waals surface area contributed by atoms with Gasteiger partial charge in [0.15, 0.2) is 11.4 Å². The summed E-state index contributed by atoms with van der Waals surface area (Å²) in [6.07, 6.45) is 1.41. The third-order valence-electron chi connectivity index (χ3n) is 7.58. The number of hydrogen-bond acceptors (Lipinski definition) is 7. The number of methoxy groups -OCH3 is 1. The van der Waals surface area contributed by atoms with E-state index < -0.39 is 34.8 Å². The minimum atomic E-state index is -2.38. The fourth-order valence-corrected chi connectivity index (χ4v) is 5.85. The molecule has 196 valence electrons. The Balaban J connectivity index is 1.52. The van der Waals surface area contributed by atoms with E-state index >= 15 is 0 Å². The number of carbonyl (C=O) groups is 2. The number of benzene rings is 3. The van der Waals surface area contributed by atoms with Gasteiger partial charge in [0.1, 0.15) is 35.5 Å². The van der Waals surface area contributed by atoms with Crippen molar-refractivity contribution in [2.75, 3.05) is 7.11 Å². The number of hydrogen-bond donors (Lipinski definition) is 2. The Labute approximate surface area is 224 Å². The summed E-state index contributed by atoms with van der Waals surface area (Å²) in [5.74, 6) is -3.80. The van der Waals surface area contributed by atoms with E-state index in [0.717, 1.165) is 5.56 Å². The fraction of sp³-hybridized carbons (Fsp3) is 0.194. The zero-order chi connectivity index (χ0) is 27.2. The van der Waals surface area contributed by atoms with Crippen molar-refractivity contribution in [2.45, 2.75) is 23.7 Å². The van der Waals surface area contributed by atoms with Gasteiger partial charge in [-0.3, -0.25) is 9.59 Å². The zero-order valence-corrected chi connectivity index (χ0v) is 21.0. The Hall–Kier alpha value is -4.69. The number of rotatable bonds is 7. The van der Waals surface area contributed by atoms with Crippen LogP contribution in [0.5, 0.6) is 17.2 Å². The molecule has 2 heterocycles. The summed E-state index contributed by atoms with van der Waals surface area (Å²) < 4.78 is 17.8. The van der Waals surface area contributed by atoms with Crippen LogP contribution < -0.4 is 14.2 Å². The number of aliphatic carboxylic acids is 1. The predicted molar refractivity (Wildman–Crippen MR) is 140 cm³/mol. The van der Waals surface area contributed by atoms with Crippen LogP contribution in [0.4, 0.5) is 0 Å². The van der Waals surface area contributed by atoms with Crippen LogP contribution in [0.3, 0.4) is 0 Å². The number of ether oxygens (including phenoxy) is 3. The topological polar surface area (TPSA) is 115 Å². The van der Waals surface area contributed by atoms with Gasteiger partial charge in [-0.2, -0.15) is 0 Å². The van der Waals surface area contributed by atoms with Crippen molar-refractivity contribution in [3.05, 3.63) is 120 Å². The van der Waals surface area contributed by atoms with E-state index in [4.69, 9.17) is 14.2 Å². The number of Topliss-reactive ketones (excluding diaryl/α,β-unsaturated/α-hetero) is 1. The molecule has 0 radical (unpaired) electrons. The maximum atomic E-state index is 14.0. The number of aromatic nitrogens is 1. The van der Waals surface area contributed by atoms with Gasteiger partial charge in [-0.05, 0) is 23.3 Å². The average molecular weight is 524 g/mol. The van der Waals surface area contributed by atoms with E-state index in [1.165, 1.54) is 13.3 Å². The van der Waals surface area contributed by atoms with Crippen LogP contribution in [0.1, 0.15) is 28.3 Å². The van der Waals surface area contributed by atoms with Crippen molar-refractivity contribution >= 4 is 11.8 Å². The summed E-state index contributed by atoms with van der Waals surface area (Å²) in [5, 5.41) is 22.6. The molecule has 8 heteroatoms. The van der Waals surface area contributed by atoms with Crippen LogP contribution >= 0.6 is 0 Å². The van der Waals surface area contributed by atoms with Gasteiger partial charge < -0.3 is 24.4 Å². The first-order valence-electron chi connectivity index (χ1n) is 12.5. The molecular formula is C31H25NO7. The molecule has 39 heavy (non-hydrogen) atoms. The number of fused-ring (bicyclic) bond motifs is 3. The number of nitrogens with zero attached hydrogens (tertiary/aromatic N) is 1. The number of aliphatic hydroxyl groups is 1. The van der Waals surface area contributed by atoms with Crippen LogP contribution in [0.25, 0.3) is 0 Å². The minimum absolute atomic E-state index is 0.0416. The number of carboxylic acid groups (broad SMARTS) is 1. The highest BCUT2D eigenvalue weighted by Crippen LogP contribution is 2.66. The maximum absolute atomic E-state index is 14.0. The van der Waals surface area contributed by atoms with Crippen molar-refractivity contribution in [1.82, 2.24) is 4.98 Å². The molecule has 0 bridgehead atoms. The Morgan fingerprint density at radius 1 is 0.974 bits per heavy atom. The molecular weight excluding hydrogens is 498 g/mol. The number of pyridine rings is 1. The first-order valence-corrected chi connectivity index (χ1v) is 12.5. The molecule has 0 unspecified atom stereocenters. The van der Waals surface area contributed by atoms with E-state index in [-0.39, 0.29) is 18.1 Å². The summed E-state index contributed by atoms with van der Waals surface area (Å²) in [4.78, 5) is 31.0. The Bertz CT molecular complexity index is 1540. The van der Waals surface area contributed by atoms with Crippen molar-refractivity contribution < 1.29 is 34.0 Å². The van der Waals surface area contributed by atoms with Crippen LogP contribution in [-0.2, 0) is 27.4 Å². The van der Waals surface area contributed by atoms with E-state index in [2.05, 4.69) is 4.98 Å². The number of carboxylic acids is 1. The van der Waals surface area contributed by atoms with Gasteiger partial charge in [0.25, 0.3) is 0 Å². The second-order valence-electron chi connectivity index (χ2n) is 9.64. The molecule has 4 atom stereocenters. The summed E-state index contributed by atoms with van der Waals surface area (Å²) in [6.45, 7) is 0.280. The molecule has 8 nitrogen and oxygen atoms in total. The third kappa shape index (κ3) is 3.59. The molecule has 0 saturated heterocycles. The van der Waals surface area contributed by atoms with E-state index in [9.17, 15) is 19.8 Å². The van der Waals surface area contributed by atoms with E-state index in [0.29, 0.717) is 22.6 Å². The van der Waals surface area contributed by atoms with Crippen molar-refractivity contribution in [3.8, 4) is 17.2 Å². The van der Waals surface area contributed by atoms with Gasteiger partial charge in [0, 0.05) is 11.6 Å². The second kappa shape index (κ2) is 9.25. The van der Waals surface area contributed by atoms with Gasteiger partial charge >= 0.3 is 5.97 Å². The summed E-state index contributed by atoms with van der Waals surface area (Å²) >= 11 is 0. The zero-order valence-electron chi connectivity index (χ0n) is 21.0. The molecule has 2 N–H and O–H groups in total. The van der Waals surface area contributed by atoms with Gasteiger partial charge in [-0.1, -0.05) is 72.8 Å². The lowest BCUT2D eigenvalue weighted by molar-refractivity contribution is -0.154. The quantitative estimate of drug-likeness (QED) is 0.346. The summed E-state index contributed by atoms with van der Waals surface area (Å²) in [5.41, 5.74) is -2.32. The molecule has 1 fully saturated rings. The monoisotopic (exact) mass is 523 g/mol. The Morgan fingerprint density at radius 3 is 2.28 bits per heavy atom. The van der Waals surface area contributed by atoms with Gasteiger partial charge in [-0.25, -0.2) is 4.98 Å². The number of carbonyl (C=O) groups excluding carboxylic acids is 1. The van der Waals surface area contributed by atoms with Crippen molar-refractivity contribution in [2.24, 2.45) is 5.92 Å². The molecule has 6 rings (SSSR count). The highest BCUT2D eigenvalue weighted by Gasteiger charge is 2.78. The lowest BCUT2D eigenvalue weighted by atomic mass is 9.71. The van der Waals surface area contributed by atoms with Crippen LogP contribution in [0.15, 0.2) is 97.2 Å². The first kappa shape index (κ1) is 24.6. The molecule has 3 aromatic carbocycles. The maximum Gasteiger partial charge on any atom is 0.314 e. The smallest absolute Gasteiger partial charge is 0.314 e. The molecule has 4 aromatic rings. The third-order valence-corrected chi connectivity index (χ3v) is 7.58. The summed E-state index contributed by atoms with van der Waals surface area (Å²) in [7, 11) is 1.53. The van der Waals surface area contributed by atoms with Crippen molar-refractivity contribution in [1.29, 1.82) is 0 Å². The van der Waals surface area contributed by atoms with E-state index in [1.807, 2.05) is 30.3 Å². The molecule has 0 amide bonds. The molecule has 1 saturated carbocycles. The fourth-order valence-electron chi connectivity index (χ4n) is 5.85. The molecule has 1 aromatic heterocycles. The predicted octanol–water partition coefficient (Wildman–Crippen LogP) is 4.21. The van der Waals surface area contributed by atoms with Gasteiger partial charge in [-0.15, -0.1) is 0 Å². The van der Waals surface area contributed by atoms with E-state index in [1.54, 1.807) is 60.7 Å². The van der Waals surface area contributed by atoms with Crippen LogP contribution in [0, 0.1) is 5.92 Å². The molecule has 1 aliphatic heterocycles. The van der Waals surface area contributed by atoms with Crippen LogP contribution in [-0.4, -0.2) is 34.1 Å².